The molecule has 0 aliphatic carbocycles. The fraction of sp³-hybridized carbons (Fsp3) is 0.308. The molecule has 0 saturated carbocycles. The van der Waals surface area contributed by atoms with Crippen LogP contribution in [0.25, 0.3) is 0 Å². The molecule has 0 saturated heterocycles. The lowest BCUT2D eigenvalue weighted by atomic mass is 10.1. The molecule has 2 aromatic rings. The minimum Gasteiger partial charge on any atom is -0.333 e. The highest BCUT2D eigenvalue weighted by molar-refractivity contribution is 5.23. The highest BCUT2D eigenvalue weighted by Crippen LogP contribution is 2.09. The summed E-state index contributed by atoms with van der Waals surface area (Å²) in [4.78, 5) is 3.93. The van der Waals surface area contributed by atoms with Crippen molar-refractivity contribution in [2.45, 2.75) is 27.3 Å². The maximum atomic E-state index is 13.0. The first-order chi connectivity index (χ1) is 7.74. The zero-order chi connectivity index (χ0) is 12.0. The van der Waals surface area contributed by atoms with Crippen LogP contribution in [0.4, 0.5) is 4.39 Å². The molecule has 1 heterocycles. The van der Waals surface area contributed by atoms with E-state index in [9.17, 15) is 4.39 Å². The fourth-order valence-corrected chi connectivity index (χ4v) is 1.49. The predicted molar refractivity (Wildman–Crippen MR) is 63.8 cm³/mol. The second kappa shape index (κ2) is 6.05. The van der Waals surface area contributed by atoms with Crippen molar-refractivity contribution in [1.29, 1.82) is 0 Å². The highest BCUT2D eigenvalue weighted by Gasteiger charge is 1.98. The average molecular weight is 220 g/mol. The van der Waals surface area contributed by atoms with E-state index in [0.29, 0.717) is 6.54 Å². The van der Waals surface area contributed by atoms with Crippen LogP contribution in [-0.2, 0) is 6.54 Å². The molecule has 2 rings (SSSR count). The number of hydrogen-bond donors (Lipinski definition) is 0. The summed E-state index contributed by atoms with van der Waals surface area (Å²) in [6, 6.07) is 5.05. The van der Waals surface area contributed by atoms with Crippen molar-refractivity contribution in [3.05, 3.63) is 53.9 Å². The van der Waals surface area contributed by atoms with Crippen molar-refractivity contribution in [3.8, 4) is 0 Å². The standard InChI is InChI=1S/C11H11FN2.C2H6/c1-9-4-10(6-11(12)5-9)7-14-3-2-13-8-14;1-2/h2-6,8H,7H2,1H3;1-2H3. The number of nitrogens with zero attached hydrogens (tertiary/aromatic N) is 2. The molecular weight excluding hydrogens is 203 g/mol. The Hall–Kier alpha value is -1.64. The molecule has 0 fully saturated rings. The fourth-order valence-electron chi connectivity index (χ4n) is 1.49. The van der Waals surface area contributed by atoms with E-state index in [1.54, 1.807) is 18.6 Å². The van der Waals surface area contributed by atoms with Gasteiger partial charge in [-0.15, -0.1) is 0 Å². The van der Waals surface area contributed by atoms with E-state index >= 15 is 0 Å². The number of aryl methyl sites for hydroxylation is 1. The Kier molecular flexibility index (Phi) is 4.70. The molecular formula is C13H17FN2. The van der Waals surface area contributed by atoms with Crippen molar-refractivity contribution in [1.82, 2.24) is 9.55 Å². The summed E-state index contributed by atoms with van der Waals surface area (Å²) in [6.07, 6.45) is 5.30. The van der Waals surface area contributed by atoms with Crippen LogP contribution in [0, 0.1) is 12.7 Å². The Labute approximate surface area is 95.8 Å². The third kappa shape index (κ3) is 3.50. The lowest BCUT2D eigenvalue weighted by Gasteiger charge is -2.03. The van der Waals surface area contributed by atoms with E-state index in [-0.39, 0.29) is 5.82 Å². The Morgan fingerprint density at radius 1 is 1.25 bits per heavy atom. The number of aromatic nitrogens is 2. The molecule has 0 radical (unpaired) electrons. The normalized spacial score (nSPS) is 9.50. The SMILES string of the molecule is CC.Cc1cc(F)cc(Cn2ccnc2)c1. The van der Waals surface area contributed by atoms with E-state index in [0.717, 1.165) is 11.1 Å². The molecule has 0 amide bonds. The molecule has 1 aromatic carbocycles. The largest absolute Gasteiger partial charge is 0.333 e. The molecule has 0 unspecified atom stereocenters. The first kappa shape index (κ1) is 12.4. The van der Waals surface area contributed by atoms with E-state index in [1.165, 1.54) is 6.07 Å². The summed E-state index contributed by atoms with van der Waals surface area (Å²) in [6.45, 7) is 6.55. The van der Waals surface area contributed by atoms with Gasteiger partial charge in [0.15, 0.2) is 0 Å². The number of benzene rings is 1. The van der Waals surface area contributed by atoms with Gasteiger partial charge in [0.05, 0.1) is 6.33 Å². The van der Waals surface area contributed by atoms with Crippen molar-refractivity contribution >= 4 is 0 Å². The van der Waals surface area contributed by atoms with Crippen LogP contribution in [0.3, 0.4) is 0 Å². The van der Waals surface area contributed by atoms with E-state index < -0.39 is 0 Å². The van der Waals surface area contributed by atoms with Crippen molar-refractivity contribution in [3.63, 3.8) is 0 Å². The van der Waals surface area contributed by atoms with Gasteiger partial charge in [-0.1, -0.05) is 19.9 Å². The first-order valence-electron chi connectivity index (χ1n) is 5.46. The van der Waals surface area contributed by atoms with Crippen molar-refractivity contribution in [2.75, 3.05) is 0 Å². The molecule has 0 aliphatic rings. The van der Waals surface area contributed by atoms with Crippen LogP contribution in [0.15, 0.2) is 36.9 Å². The minimum atomic E-state index is -0.180. The van der Waals surface area contributed by atoms with Gasteiger partial charge in [-0.3, -0.25) is 0 Å². The van der Waals surface area contributed by atoms with Gasteiger partial charge in [-0.05, 0) is 30.2 Å². The van der Waals surface area contributed by atoms with Gasteiger partial charge in [0.2, 0.25) is 0 Å². The summed E-state index contributed by atoms with van der Waals surface area (Å²) < 4.78 is 14.9. The van der Waals surface area contributed by atoms with Crippen LogP contribution in [-0.4, -0.2) is 9.55 Å². The molecule has 0 aliphatic heterocycles. The van der Waals surface area contributed by atoms with Crippen LogP contribution < -0.4 is 0 Å². The molecule has 86 valence electrons. The Balaban J connectivity index is 0.000000606. The predicted octanol–water partition coefficient (Wildman–Crippen LogP) is 3.41. The summed E-state index contributed by atoms with van der Waals surface area (Å²) in [5.74, 6) is -0.180. The molecule has 16 heavy (non-hydrogen) atoms. The van der Waals surface area contributed by atoms with Crippen molar-refractivity contribution in [2.24, 2.45) is 0 Å². The lowest BCUT2D eigenvalue weighted by Crippen LogP contribution is -1.97. The van der Waals surface area contributed by atoms with Gasteiger partial charge in [-0.25, -0.2) is 9.37 Å². The number of rotatable bonds is 2. The topological polar surface area (TPSA) is 17.8 Å². The molecule has 0 N–H and O–H groups in total. The number of imidazole rings is 1. The quantitative estimate of drug-likeness (QED) is 0.758. The zero-order valence-corrected chi connectivity index (χ0v) is 9.94. The minimum absolute atomic E-state index is 0.180. The number of halogens is 1. The maximum absolute atomic E-state index is 13.0. The highest BCUT2D eigenvalue weighted by atomic mass is 19.1. The van der Waals surface area contributed by atoms with Crippen LogP contribution in [0.2, 0.25) is 0 Å². The monoisotopic (exact) mass is 220 g/mol. The van der Waals surface area contributed by atoms with E-state index in [2.05, 4.69) is 4.98 Å². The molecule has 2 nitrogen and oxygen atoms in total. The van der Waals surface area contributed by atoms with E-state index in [1.807, 2.05) is 37.6 Å². The zero-order valence-electron chi connectivity index (χ0n) is 9.94. The van der Waals surface area contributed by atoms with Gasteiger partial charge in [-0.2, -0.15) is 0 Å². The van der Waals surface area contributed by atoms with Gasteiger partial charge in [0.1, 0.15) is 5.82 Å². The Bertz CT molecular complexity index is 401. The summed E-state index contributed by atoms with van der Waals surface area (Å²) in [7, 11) is 0. The van der Waals surface area contributed by atoms with E-state index in [4.69, 9.17) is 0 Å². The maximum Gasteiger partial charge on any atom is 0.123 e. The third-order valence-corrected chi connectivity index (χ3v) is 2.03. The molecule has 0 spiro atoms. The first-order valence-corrected chi connectivity index (χ1v) is 5.46. The van der Waals surface area contributed by atoms with Gasteiger partial charge < -0.3 is 4.57 Å². The third-order valence-electron chi connectivity index (χ3n) is 2.03. The van der Waals surface area contributed by atoms with Gasteiger partial charge in [0, 0.05) is 18.9 Å². The van der Waals surface area contributed by atoms with Gasteiger partial charge >= 0.3 is 0 Å². The summed E-state index contributed by atoms with van der Waals surface area (Å²) in [5, 5.41) is 0. The van der Waals surface area contributed by atoms with Crippen molar-refractivity contribution < 1.29 is 4.39 Å². The molecule has 0 atom stereocenters. The number of hydrogen-bond acceptors (Lipinski definition) is 1. The molecule has 1 aromatic heterocycles. The Morgan fingerprint density at radius 3 is 2.56 bits per heavy atom. The van der Waals surface area contributed by atoms with Crippen LogP contribution in [0.5, 0.6) is 0 Å². The molecule has 0 bridgehead atoms. The smallest absolute Gasteiger partial charge is 0.123 e. The summed E-state index contributed by atoms with van der Waals surface area (Å²) >= 11 is 0. The van der Waals surface area contributed by atoms with Crippen LogP contribution >= 0.6 is 0 Å². The molecule has 3 heteroatoms. The second-order valence-corrected chi connectivity index (χ2v) is 3.37. The average Bonchev–Trinajstić information content (AvgIpc) is 2.72. The van der Waals surface area contributed by atoms with Gasteiger partial charge in [0.25, 0.3) is 0 Å². The van der Waals surface area contributed by atoms with Crippen LogP contribution in [0.1, 0.15) is 25.0 Å². The summed E-state index contributed by atoms with van der Waals surface area (Å²) in [5.41, 5.74) is 1.90. The second-order valence-electron chi connectivity index (χ2n) is 3.37. The Morgan fingerprint density at radius 2 is 2.00 bits per heavy atom. The lowest BCUT2D eigenvalue weighted by molar-refractivity contribution is 0.622.